The molecule has 2 N–H and O–H groups in total. The molecule has 0 saturated heterocycles. The molecule has 0 aliphatic rings. The summed E-state index contributed by atoms with van der Waals surface area (Å²) >= 11 is 0. The fourth-order valence-corrected chi connectivity index (χ4v) is 1.03. The topological polar surface area (TPSA) is 61.7 Å². The number of aliphatic hydroxyl groups excluding tert-OH is 1. The van der Waals surface area contributed by atoms with E-state index in [-0.39, 0.29) is 18.1 Å². The number of anilines is 1. The molecule has 0 heterocycles. The fourth-order valence-electron chi connectivity index (χ4n) is 1.03. The second-order valence-corrected chi connectivity index (χ2v) is 2.97. The number of carbonyl (C=O) groups is 1. The van der Waals surface area contributed by atoms with Crippen molar-refractivity contribution in [3.05, 3.63) is 30.3 Å². The molecule has 0 aliphatic heterocycles. The number of rotatable bonds is 5. The summed E-state index contributed by atoms with van der Waals surface area (Å²) in [5.74, 6) is -0.152. The molecule has 0 unspecified atom stereocenters. The van der Waals surface area contributed by atoms with Crippen LogP contribution in [0, 0.1) is 0 Å². The highest BCUT2D eigenvalue weighted by Crippen LogP contribution is 2.04. The maximum absolute atomic E-state index is 11.2. The second kappa shape index (κ2) is 5.93. The third-order valence-electron chi connectivity index (χ3n) is 1.89. The molecule has 0 radical (unpaired) electrons. The molecule has 0 spiro atoms. The number of ketones is 1. The van der Waals surface area contributed by atoms with E-state index in [2.05, 4.69) is 10.5 Å². The van der Waals surface area contributed by atoms with Crippen molar-refractivity contribution in [2.45, 2.75) is 13.3 Å². The lowest BCUT2D eigenvalue weighted by Crippen LogP contribution is -2.18. The van der Waals surface area contributed by atoms with Gasteiger partial charge in [-0.15, -0.1) is 0 Å². The van der Waals surface area contributed by atoms with Crippen LogP contribution < -0.4 is 5.43 Å². The summed E-state index contributed by atoms with van der Waals surface area (Å²) < 4.78 is 0. The van der Waals surface area contributed by atoms with Gasteiger partial charge in [-0.05, 0) is 12.1 Å². The van der Waals surface area contributed by atoms with Gasteiger partial charge in [0.15, 0.2) is 5.78 Å². The van der Waals surface area contributed by atoms with Crippen LogP contribution >= 0.6 is 0 Å². The van der Waals surface area contributed by atoms with Gasteiger partial charge in [0.25, 0.3) is 0 Å². The summed E-state index contributed by atoms with van der Waals surface area (Å²) in [5, 5.41) is 12.8. The van der Waals surface area contributed by atoms with Gasteiger partial charge in [0.2, 0.25) is 0 Å². The van der Waals surface area contributed by atoms with Gasteiger partial charge >= 0.3 is 0 Å². The summed E-state index contributed by atoms with van der Waals surface area (Å²) in [7, 11) is 0. The first-order valence-corrected chi connectivity index (χ1v) is 4.79. The highest BCUT2D eigenvalue weighted by atomic mass is 16.3. The van der Waals surface area contributed by atoms with E-state index in [0.29, 0.717) is 6.42 Å². The lowest BCUT2D eigenvalue weighted by molar-refractivity contribution is -0.112. The van der Waals surface area contributed by atoms with E-state index >= 15 is 0 Å². The number of carbonyl (C=O) groups excluding carboxylic acids is 1. The Bertz CT molecular complexity index is 347. The molecule has 1 rings (SSSR count). The smallest absolute Gasteiger partial charge is 0.180 e. The first-order valence-electron chi connectivity index (χ1n) is 4.79. The molecule has 4 heteroatoms. The number of para-hydroxylation sites is 1. The van der Waals surface area contributed by atoms with E-state index in [0.717, 1.165) is 5.69 Å². The average molecular weight is 206 g/mol. The lowest BCUT2D eigenvalue weighted by atomic mass is 10.2. The summed E-state index contributed by atoms with van der Waals surface area (Å²) in [6, 6.07) is 9.26. The zero-order valence-corrected chi connectivity index (χ0v) is 8.60. The van der Waals surface area contributed by atoms with Crippen molar-refractivity contribution in [1.29, 1.82) is 0 Å². The van der Waals surface area contributed by atoms with E-state index in [1.165, 1.54) is 0 Å². The normalized spacial score (nSPS) is 11.2. The Morgan fingerprint density at radius 2 is 2.07 bits per heavy atom. The average Bonchev–Trinajstić information content (AvgIpc) is 2.31. The standard InChI is InChI=1S/C11H14N2O2/c1-2-11(15)10(8-14)13-12-9-6-4-3-5-7-9/h3-7,12,14H,2,8H2,1H3/b13-10+. The van der Waals surface area contributed by atoms with E-state index < -0.39 is 0 Å². The molecule has 80 valence electrons. The van der Waals surface area contributed by atoms with E-state index in [1.807, 2.05) is 30.3 Å². The van der Waals surface area contributed by atoms with Gasteiger partial charge in [-0.1, -0.05) is 25.1 Å². The summed E-state index contributed by atoms with van der Waals surface area (Å²) in [6.07, 6.45) is 0.343. The quantitative estimate of drug-likeness (QED) is 0.566. The number of nitrogens with zero attached hydrogens (tertiary/aromatic N) is 1. The Hall–Kier alpha value is -1.68. The SMILES string of the molecule is CCC(=O)/C(CO)=N/Nc1ccccc1. The van der Waals surface area contributed by atoms with Crippen LogP contribution in [0.2, 0.25) is 0 Å². The van der Waals surface area contributed by atoms with Gasteiger partial charge in [0.05, 0.1) is 12.3 Å². The van der Waals surface area contributed by atoms with Gasteiger partial charge in [0.1, 0.15) is 5.71 Å². The summed E-state index contributed by atoms with van der Waals surface area (Å²) in [5.41, 5.74) is 3.66. The largest absolute Gasteiger partial charge is 0.390 e. The number of hydrogen-bond acceptors (Lipinski definition) is 4. The molecule has 4 nitrogen and oxygen atoms in total. The highest BCUT2D eigenvalue weighted by Gasteiger charge is 2.06. The van der Waals surface area contributed by atoms with E-state index in [1.54, 1.807) is 6.92 Å². The monoisotopic (exact) mass is 206 g/mol. The number of Topliss-reactive ketones (excluding diaryl/α,β-unsaturated/α-hetero) is 1. The van der Waals surface area contributed by atoms with Crippen LogP contribution in [-0.4, -0.2) is 23.2 Å². The Kier molecular flexibility index (Phi) is 4.50. The van der Waals surface area contributed by atoms with Crippen molar-refractivity contribution in [1.82, 2.24) is 0 Å². The van der Waals surface area contributed by atoms with Gasteiger partial charge in [0, 0.05) is 6.42 Å². The molecule has 1 aromatic carbocycles. The maximum Gasteiger partial charge on any atom is 0.180 e. The molecule has 15 heavy (non-hydrogen) atoms. The van der Waals surface area contributed by atoms with Crippen molar-refractivity contribution in [3.8, 4) is 0 Å². The summed E-state index contributed by atoms with van der Waals surface area (Å²) in [6.45, 7) is 1.39. The van der Waals surface area contributed by atoms with Crippen molar-refractivity contribution < 1.29 is 9.90 Å². The molecule has 0 saturated carbocycles. The highest BCUT2D eigenvalue weighted by molar-refractivity contribution is 6.40. The third-order valence-corrected chi connectivity index (χ3v) is 1.89. The summed E-state index contributed by atoms with van der Waals surface area (Å²) in [4.78, 5) is 11.2. The van der Waals surface area contributed by atoms with Crippen LogP contribution in [0.5, 0.6) is 0 Å². The number of nitrogens with one attached hydrogen (secondary N) is 1. The van der Waals surface area contributed by atoms with Crippen LogP contribution in [0.3, 0.4) is 0 Å². The maximum atomic E-state index is 11.2. The van der Waals surface area contributed by atoms with Crippen LogP contribution in [0.4, 0.5) is 5.69 Å². The van der Waals surface area contributed by atoms with Crippen molar-refractivity contribution in [3.63, 3.8) is 0 Å². The molecule has 1 aromatic rings. The number of aliphatic hydroxyl groups is 1. The van der Waals surface area contributed by atoms with Crippen LogP contribution in [0.1, 0.15) is 13.3 Å². The van der Waals surface area contributed by atoms with E-state index in [4.69, 9.17) is 5.11 Å². The van der Waals surface area contributed by atoms with Crippen molar-refractivity contribution in [2.75, 3.05) is 12.0 Å². The molecule has 0 bridgehead atoms. The Morgan fingerprint density at radius 3 is 2.60 bits per heavy atom. The zero-order valence-electron chi connectivity index (χ0n) is 8.60. The number of hydrogen-bond donors (Lipinski definition) is 2. The Morgan fingerprint density at radius 1 is 1.40 bits per heavy atom. The minimum absolute atomic E-state index is 0.152. The molecular weight excluding hydrogens is 192 g/mol. The van der Waals surface area contributed by atoms with E-state index in [9.17, 15) is 4.79 Å². The van der Waals surface area contributed by atoms with Crippen LogP contribution in [0.25, 0.3) is 0 Å². The molecule has 0 atom stereocenters. The zero-order chi connectivity index (χ0) is 11.1. The van der Waals surface area contributed by atoms with Crippen LogP contribution in [0.15, 0.2) is 35.4 Å². The molecule has 0 aromatic heterocycles. The third kappa shape index (κ3) is 3.52. The molecule has 0 amide bonds. The second-order valence-electron chi connectivity index (χ2n) is 2.97. The number of hydrazone groups is 1. The predicted octanol–water partition coefficient (Wildman–Crippen LogP) is 1.43. The fraction of sp³-hybridized carbons (Fsp3) is 0.273. The van der Waals surface area contributed by atoms with Crippen LogP contribution in [-0.2, 0) is 4.79 Å². The number of benzene rings is 1. The van der Waals surface area contributed by atoms with Gasteiger partial charge in [-0.2, -0.15) is 5.10 Å². The molecule has 0 fully saturated rings. The first kappa shape index (κ1) is 11.4. The van der Waals surface area contributed by atoms with Gasteiger partial charge in [-0.25, -0.2) is 0 Å². The minimum Gasteiger partial charge on any atom is -0.390 e. The Balaban J connectivity index is 2.67. The van der Waals surface area contributed by atoms with Gasteiger partial charge < -0.3 is 5.11 Å². The Labute approximate surface area is 88.6 Å². The van der Waals surface area contributed by atoms with Crippen molar-refractivity contribution in [2.24, 2.45) is 5.10 Å². The first-order chi connectivity index (χ1) is 7.27. The van der Waals surface area contributed by atoms with Crippen molar-refractivity contribution >= 4 is 17.2 Å². The minimum atomic E-state index is -0.341. The van der Waals surface area contributed by atoms with Gasteiger partial charge in [-0.3, -0.25) is 10.2 Å². The predicted molar refractivity (Wildman–Crippen MR) is 59.9 cm³/mol. The molecular formula is C11H14N2O2. The molecule has 0 aliphatic carbocycles. The lowest BCUT2D eigenvalue weighted by Gasteiger charge is -2.02.